The van der Waals surface area contributed by atoms with E-state index < -0.39 is 10.2 Å². The molecule has 3 rings (SSSR count). The molecule has 0 unspecified atom stereocenters. The molecule has 0 saturated heterocycles. The van der Waals surface area contributed by atoms with Crippen molar-refractivity contribution >= 4 is 22.7 Å². The summed E-state index contributed by atoms with van der Waals surface area (Å²) in [4.78, 5) is 7.27. The van der Waals surface area contributed by atoms with Gasteiger partial charge in [0.25, 0.3) is 0 Å². The van der Waals surface area contributed by atoms with E-state index in [0.29, 0.717) is 0 Å². The monoisotopic (exact) mass is 384 g/mol. The molecule has 1 aliphatic heterocycles. The van der Waals surface area contributed by atoms with Gasteiger partial charge in [-0.2, -0.15) is 0 Å². The second-order valence-electron chi connectivity index (χ2n) is 4.90. The predicted molar refractivity (Wildman–Crippen MR) is 85.0 cm³/mol. The molecule has 0 amide bonds. The van der Waals surface area contributed by atoms with Gasteiger partial charge in [0.1, 0.15) is 4.91 Å². The van der Waals surface area contributed by atoms with Crippen LogP contribution in [0.25, 0.3) is 0 Å². The molecule has 2 aromatic rings. The molecule has 128 valence electrons. The molecule has 0 N–H and O–H groups in total. The number of hydrogen-bond donors (Lipinski definition) is 0. The van der Waals surface area contributed by atoms with Gasteiger partial charge in [0.2, 0.25) is 0 Å². The third-order valence-electron chi connectivity index (χ3n) is 3.17. The molecule has 0 saturated carbocycles. The summed E-state index contributed by atoms with van der Waals surface area (Å²) >= 11 is 1.90. The number of hydrogen-bond acceptors (Lipinski definition) is 5. The van der Waals surface area contributed by atoms with Crippen molar-refractivity contribution in [1.29, 1.82) is 0 Å². The first-order valence-electron chi connectivity index (χ1n) is 7.20. The molecule has 1 aliphatic rings. The summed E-state index contributed by atoms with van der Waals surface area (Å²) in [5.41, 5.74) is 0. The van der Waals surface area contributed by atoms with E-state index in [-0.39, 0.29) is 10.9 Å². The number of halogens is 1. The van der Waals surface area contributed by atoms with Crippen molar-refractivity contribution < 1.29 is 28.9 Å². The van der Waals surface area contributed by atoms with Gasteiger partial charge in [-0.1, -0.05) is 43.0 Å². The topological polar surface area (TPSA) is 92.2 Å². The largest absolute Gasteiger partial charge is 0.222 e. The highest BCUT2D eigenvalue weighted by atomic mass is 35.7. The van der Waals surface area contributed by atoms with Gasteiger partial charge in [0, 0.05) is 6.92 Å². The van der Waals surface area contributed by atoms with Crippen LogP contribution in [-0.4, -0.2) is 0 Å². The van der Waals surface area contributed by atoms with Crippen molar-refractivity contribution in [3.05, 3.63) is 59.5 Å². The molecule has 4 nitrogen and oxygen atoms in total. The summed E-state index contributed by atoms with van der Waals surface area (Å²) < 4.78 is 34.0. The first-order valence-corrected chi connectivity index (χ1v) is 10.5. The quantitative estimate of drug-likeness (QED) is 0.712. The molecule has 0 atom stereocenters. The Kier molecular flexibility index (Phi) is 6.77. The smallest absolute Gasteiger partial charge is 0.180 e. The fraction of sp³-hybridized carbons (Fsp3) is 0.176. The van der Waals surface area contributed by atoms with Gasteiger partial charge in [0.15, 0.2) is 9.79 Å². The molecule has 1 heterocycles. The van der Waals surface area contributed by atoms with Crippen LogP contribution in [0.2, 0.25) is 0 Å². The minimum atomic E-state index is -4.94. The van der Waals surface area contributed by atoms with Crippen LogP contribution in [0.3, 0.4) is 0 Å². The maximum Gasteiger partial charge on any atom is 0.180 e. The molecule has 0 spiro atoms. The maximum atomic E-state index is 8.49. The van der Waals surface area contributed by atoms with Crippen molar-refractivity contribution in [2.24, 2.45) is 0 Å². The fourth-order valence-corrected chi connectivity index (χ4v) is 6.21. The number of fused-ring (bicyclic) bond motifs is 2. The molecule has 2 aromatic carbocycles. The van der Waals surface area contributed by atoms with Crippen LogP contribution in [0.1, 0.15) is 20.3 Å². The lowest BCUT2D eigenvalue weighted by molar-refractivity contribution is -2.00. The number of benzene rings is 2. The molecule has 0 fully saturated rings. The second kappa shape index (κ2) is 8.40. The first-order chi connectivity index (χ1) is 11.3. The predicted octanol–water partition coefficient (Wildman–Crippen LogP) is 0.745. The molecule has 0 aromatic heterocycles. The van der Waals surface area contributed by atoms with E-state index >= 15 is 0 Å². The zero-order chi connectivity index (χ0) is 17.7. The lowest BCUT2D eigenvalue weighted by Gasteiger charge is -2.18. The molecule has 0 radical (unpaired) electrons. The van der Waals surface area contributed by atoms with Crippen LogP contribution in [0, 0.1) is 10.2 Å². The molecule has 0 aliphatic carbocycles. The zero-order valence-corrected chi connectivity index (χ0v) is 15.6. The van der Waals surface area contributed by atoms with Crippen molar-refractivity contribution in [2.45, 2.75) is 39.9 Å². The second-order valence-corrected chi connectivity index (χ2v) is 8.88. The maximum absolute atomic E-state index is 8.49. The molecular formula is C17H17ClO4S2. The Labute approximate surface area is 150 Å². The third-order valence-corrected chi connectivity index (χ3v) is 6.98. The van der Waals surface area contributed by atoms with E-state index in [0.717, 1.165) is 6.42 Å². The van der Waals surface area contributed by atoms with Gasteiger partial charge in [-0.25, -0.2) is 18.6 Å². The lowest BCUT2D eigenvalue weighted by Crippen LogP contribution is -2.68. The first kappa shape index (κ1) is 19.3. The van der Waals surface area contributed by atoms with E-state index in [2.05, 4.69) is 68.5 Å². The van der Waals surface area contributed by atoms with Gasteiger partial charge in [-0.3, -0.25) is 0 Å². The minimum absolute atomic E-state index is 0.101. The average molecular weight is 385 g/mol. The Morgan fingerprint density at radius 3 is 1.79 bits per heavy atom. The van der Waals surface area contributed by atoms with Crippen LogP contribution >= 0.6 is 11.8 Å². The SMILES string of the molecule is CC/C=C(/C)[S+]1c2ccccc2Sc2ccccc21.[O-][Cl+3]([O-])([O-])[O-]. The Hall–Kier alpha value is -0.990. The van der Waals surface area contributed by atoms with Gasteiger partial charge in [0.05, 0.1) is 20.7 Å². The van der Waals surface area contributed by atoms with Crippen molar-refractivity contribution in [3.8, 4) is 0 Å². The zero-order valence-electron chi connectivity index (χ0n) is 13.2. The average Bonchev–Trinajstić information content (AvgIpc) is 2.51. The molecular weight excluding hydrogens is 368 g/mol. The minimum Gasteiger partial charge on any atom is -0.222 e. The molecule has 24 heavy (non-hydrogen) atoms. The van der Waals surface area contributed by atoms with E-state index in [9.17, 15) is 0 Å². The standard InChI is InChI=1S/C17H17S2.ClHO4/c1-3-8-13(2)19-16-11-6-4-9-14(16)18-15-10-5-7-12-17(15)19;2-1(3,4)5/h4-12H,3H2,1-2H3;(H,2,3,4,5)/q+1;/p-1/b13-8-;. The highest BCUT2D eigenvalue weighted by Gasteiger charge is 2.37. The number of allylic oxidation sites excluding steroid dienone is 2. The Morgan fingerprint density at radius 1 is 0.958 bits per heavy atom. The number of rotatable bonds is 2. The van der Waals surface area contributed by atoms with Gasteiger partial charge in [-0.05, 0) is 36.8 Å². The van der Waals surface area contributed by atoms with Crippen molar-refractivity contribution in [2.75, 3.05) is 0 Å². The van der Waals surface area contributed by atoms with Crippen LogP contribution in [0.15, 0.2) is 79.1 Å². The Morgan fingerprint density at radius 2 is 1.38 bits per heavy atom. The van der Waals surface area contributed by atoms with E-state index in [1.807, 2.05) is 11.8 Å². The summed E-state index contributed by atoms with van der Waals surface area (Å²) in [6.07, 6.45) is 3.47. The van der Waals surface area contributed by atoms with Crippen LogP contribution in [0.4, 0.5) is 0 Å². The normalized spacial score (nSPS) is 14.3. The molecule has 0 bridgehead atoms. The third kappa shape index (κ3) is 5.26. The lowest BCUT2D eigenvalue weighted by atomic mass is 10.3. The van der Waals surface area contributed by atoms with Crippen LogP contribution in [-0.2, 0) is 10.9 Å². The highest BCUT2D eigenvalue weighted by Crippen LogP contribution is 2.47. The van der Waals surface area contributed by atoms with E-state index in [1.165, 1.54) is 24.5 Å². The van der Waals surface area contributed by atoms with Crippen LogP contribution < -0.4 is 18.6 Å². The van der Waals surface area contributed by atoms with Crippen molar-refractivity contribution in [3.63, 3.8) is 0 Å². The van der Waals surface area contributed by atoms with E-state index in [4.69, 9.17) is 18.6 Å². The molecule has 7 heteroatoms. The summed E-state index contributed by atoms with van der Waals surface area (Å²) in [5, 5.41) is 0. The van der Waals surface area contributed by atoms with Gasteiger partial charge < -0.3 is 0 Å². The summed E-state index contributed by atoms with van der Waals surface area (Å²) in [5.74, 6) is 0. The van der Waals surface area contributed by atoms with Gasteiger partial charge >= 0.3 is 0 Å². The van der Waals surface area contributed by atoms with Crippen LogP contribution in [0.5, 0.6) is 0 Å². The van der Waals surface area contributed by atoms with Gasteiger partial charge in [-0.15, -0.1) is 10.2 Å². The summed E-state index contributed by atoms with van der Waals surface area (Å²) in [7, 11) is -4.84. The van der Waals surface area contributed by atoms with Crippen molar-refractivity contribution in [1.82, 2.24) is 0 Å². The van der Waals surface area contributed by atoms with E-state index in [1.54, 1.807) is 0 Å². The fourth-order valence-electron chi connectivity index (χ4n) is 2.36. The Bertz CT molecular complexity index is 677. The summed E-state index contributed by atoms with van der Waals surface area (Å²) in [6, 6.07) is 17.7. The summed E-state index contributed by atoms with van der Waals surface area (Å²) in [6.45, 7) is 4.49. The Balaban J connectivity index is 0.000000368. The highest BCUT2D eigenvalue weighted by molar-refractivity contribution is 8.05.